The van der Waals surface area contributed by atoms with Gasteiger partial charge in [0.25, 0.3) is 11.8 Å². The van der Waals surface area contributed by atoms with Crippen LogP contribution in [0.2, 0.25) is 0 Å². The van der Waals surface area contributed by atoms with Gasteiger partial charge in [-0.25, -0.2) is 14.1 Å². The van der Waals surface area contributed by atoms with Gasteiger partial charge in [-0.05, 0) is 80.1 Å². The molecule has 2 aromatic carbocycles. The molecule has 1 fully saturated rings. The predicted octanol–water partition coefficient (Wildman–Crippen LogP) is 4.66. The molecule has 0 unspecified atom stereocenters. The summed E-state index contributed by atoms with van der Waals surface area (Å²) in [6.07, 6.45) is 1.47. The number of hydrogen-bond acceptors (Lipinski definition) is 3. The Labute approximate surface area is 186 Å². The average molecular weight is 482 g/mol. The SMILES string of the molecule is Cc1cc(/C=C2\C(=O)NC(=O)N(c3ccc(Br)cc3)C2=O)c(C)n1-c1ccc(F)cc1. The molecule has 0 radical (unpaired) electrons. The minimum Gasteiger partial charge on any atom is -0.318 e. The molecule has 1 aliphatic rings. The van der Waals surface area contributed by atoms with Gasteiger partial charge in [0.1, 0.15) is 11.4 Å². The number of barbiturate groups is 1. The highest BCUT2D eigenvalue weighted by Crippen LogP contribution is 2.26. The second-order valence-electron chi connectivity index (χ2n) is 7.07. The molecule has 4 amide bonds. The van der Waals surface area contributed by atoms with Crippen molar-refractivity contribution in [3.63, 3.8) is 0 Å². The van der Waals surface area contributed by atoms with Gasteiger partial charge in [-0.3, -0.25) is 14.9 Å². The lowest BCUT2D eigenvalue weighted by Crippen LogP contribution is -2.54. The van der Waals surface area contributed by atoms with E-state index in [4.69, 9.17) is 0 Å². The van der Waals surface area contributed by atoms with Crippen LogP contribution in [0.4, 0.5) is 14.9 Å². The number of anilines is 1. The number of carbonyl (C=O) groups is 3. The highest BCUT2D eigenvalue weighted by Gasteiger charge is 2.37. The maximum atomic E-state index is 13.3. The van der Waals surface area contributed by atoms with E-state index >= 15 is 0 Å². The third kappa shape index (κ3) is 3.82. The molecule has 1 saturated heterocycles. The highest BCUT2D eigenvalue weighted by molar-refractivity contribution is 9.10. The van der Waals surface area contributed by atoms with Crippen molar-refractivity contribution in [2.24, 2.45) is 0 Å². The van der Waals surface area contributed by atoms with Crippen LogP contribution in [-0.2, 0) is 9.59 Å². The lowest BCUT2D eigenvalue weighted by Gasteiger charge is -2.26. The Balaban J connectivity index is 1.75. The van der Waals surface area contributed by atoms with Gasteiger partial charge >= 0.3 is 6.03 Å². The highest BCUT2D eigenvalue weighted by atomic mass is 79.9. The molecule has 31 heavy (non-hydrogen) atoms. The number of nitrogens with one attached hydrogen (secondary N) is 1. The minimum atomic E-state index is -0.800. The zero-order valence-corrected chi connectivity index (χ0v) is 18.2. The molecule has 0 bridgehead atoms. The first-order valence-corrected chi connectivity index (χ1v) is 10.2. The summed E-state index contributed by atoms with van der Waals surface area (Å²) in [6.45, 7) is 3.71. The van der Waals surface area contributed by atoms with Crippen LogP contribution in [0.5, 0.6) is 0 Å². The van der Waals surface area contributed by atoms with E-state index in [9.17, 15) is 18.8 Å². The Bertz CT molecular complexity index is 1240. The largest absolute Gasteiger partial charge is 0.335 e. The van der Waals surface area contributed by atoms with Crippen LogP contribution in [0.25, 0.3) is 11.8 Å². The van der Waals surface area contributed by atoms with Crippen LogP contribution >= 0.6 is 15.9 Å². The van der Waals surface area contributed by atoms with Crippen molar-refractivity contribution in [2.75, 3.05) is 4.90 Å². The summed E-state index contributed by atoms with van der Waals surface area (Å²) in [5, 5.41) is 2.22. The van der Waals surface area contributed by atoms with Crippen LogP contribution in [-0.4, -0.2) is 22.4 Å². The molecular weight excluding hydrogens is 465 g/mol. The molecule has 0 spiro atoms. The Morgan fingerprint density at radius 3 is 2.19 bits per heavy atom. The van der Waals surface area contributed by atoms with Crippen LogP contribution in [0, 0.1) is 19.7 Å². The number of halogens is 2. The van der Waals surface area contributed by atoms with Crippen LogP contribution in [0.15, 0.2) is 64.6 Å². The number of carbonyl (C=O) groups excluding carboxylic acids is 3. The number of rotatable bonds is 3. The lowest BCUT2D eigenvalue weighted by molar-refractivity contribution is -0.122. The summed E-state index contributed by atoms with van der Waals surface area (Å²) in [6, 6.07) is 13.7. The quantitative estimate of drug-likeness (QED) is 0.436. The molecular formula is C23H17BrFN3O3. The lowest BCUT2D eigenvalue weighted by atomic mass is 10.1. The van der Waals surface area contributed by atoms with E-state index < -0.39 is 17.8 Å². The fourth-order valence-electron chi connectivity index (χ4n) is 3.56. The van der Waals surface area contributed by atoms with Crippen LogP contribution in [0.1, 0.15) is 17.0 Å². The van der Waals surface area contributed by atoms with E-state index in [0.29, 0.717) is 11.3 Å². The van der Waals surface area contributed by atoms with Gasteiger partial charge in [0.05, 0.1) is 5.69 Å². The van der Waals surface area contributed by atoms with Crippen molar-refractivity contribution in [3.8, 4) is 5.69 Å². The average Bonchev–Trinajstić information content (AvgIpc) is 3.00. The Hall–Kier alpha value is -3.52. The molecule has 8 heteroatoms. The van der Waals surface area contributed by atoms with Crippen molar-refractivity contribution < 1.29 is 18.8 Å². The summed E-state index contributed by atoms with van der Waals surface area (Å²) in [5.41, 5.74) is 3.21. The first kappa shape index (κ1) is 20.7. The van der Waals surface area contributed by atoms with E-state index in [2.05, 4.69) is 21.2 Å². The maximum Gasteiger partial charge on any atom is 0.335 e. The van der Waals surface area contributed by atoms with Crippen LogP contribution in [0.3, 0.4) is 0 Å². The van der Waals surface area contributed by atoms with Crippen molar-refractivity contribution in [3.05, 3.63) is 87.4 Å². The number of benzene rings is 2. The standard InChI is InChI=1S/C23H17BrFN3O3/c1-13-11-15(14(2)27(13)18-9-5-17(25)6-10-18)12-20-21(29)26-23(31)28(22(20)30)19-7-3-16(24)4-8-19/h3-12H,1-2H3,(H,26,29,31)/b20-12+. The van der Waals surface area contributed by atoms with E-state index in [-0.39, 0.29) is 11.4 Å². The molecule has 0 aliphatic carbocycles. The van der Waals surface area contributed by atoms with Crippen molar-refractivity contribution in [1.29, 1.82) is 0 Å². The van der Waals surface area contributed by atoms with Gasteiger partial charge < -0.3 is 4.57 Å². The third-order valence-electron chi connectivity index (χ3n) is 5.04. The van der Waals surface area contributed by atoms with Crippen molar-refractivity contribution in [1.82, 2.24) is 9.88 Å². The molecule has 4 rings (SSSR count). The fraction of sp³-hybridized carbons (Fsp3) is 0.0870. The topological polar surface area (TPSA) is 71.4 Å². The number of imide groups is 2. The van der Waals surface area contributed by atoms with Gasteiger partial charge in [0, 0.05) is 21.5 Å². The Kier molecular flexibility index (Phi) is 5.32. The Morgan fingerprint density at radius 2 is 1.55 bits per heavy atom. The zero-order valence-electron chi connectivity index (χ0n) is 16.6. The number of urea groups is 1. The van der Waals surface area contributed by atoms with E-state index in [0.717, 1.165) is 26.4 Å². The minimum absolute atomic E-state index is 0.151. The number of amides is 4. The number of hydrogen-bond donors (Lipinski definition) is 1. The zero-order chi connectivity index (χ0) is 22.3. The molecule has 0 saturated carbocycles. The molecule has 1 N–H and O–H groups in total. The molecule has 1 aromatic heterocycles. The maximum absolute atomic E-state index is 13.3. The monoisotopic (exact) mass is 481 g/mol. The van der Waals surface area contributed by atoms with Gasteiger partial charge in [0.2, 0.25) is 0 Å². The molecule has 0 atom stereocenters. The number of aromatic nitrogens is 1. The van der Waals surface area contributed by atoms with Crippen molar-refractivity contribution >= 4 is 45.5 Å². The van der Waals surface area contributed by atoms with Gasteiger partial charge in [0.15, 0.2) is 0 Å². The molecule has 3 aromatic rings. The van der Waals surface area contributed by atoms with E-state index in [1.807, 2.05) is 24.5 Å². The third-order valence-corrected chi connectivity index (χ3v) is 5.57. The summed E-state index contributed by atoms with van der Waals surface area (Å²) < 4.78 is 16.0. The smallest absolute Gasteiger partial charge is 0.318 e. The van der Waals surface area contributed by atoms with Crippen molar-refractivity contribution in [2.45, 2.75) is 13.8 Å². The predicted molar refractivity (Wildman–Crippen MR) is 118 cm³/mol. The second kappa shape index (κ2) is 7.96. The second-order valence-corrected chi connectivity index (χ2v) is 7.99. The molecule has 6 nitrogen and oxygen atoms in total. The van der Waals surface area contributed by atoms with Crippen LogP contribution < -0.4 is 10.2 Å². The summed E-state index contributed by atoms with van der Waals surface area (Å²) in [7, 11) is 0. The molecule has 156 valence electrons. The summed E-state index contributed by atoms with van der Waals surface area (Å²) >= 11 is 3.31. The van der Waals surface area contributed by atoms with Gasteiger partial charge in [-0.2, -0.15) is 0 Å². The van der Waals surface area contributed by atoms with E-state index in [1.165, 1.54) is 18.2 Å². The molecule has 1 aliphatic heterocycles. The molecule has 2 heterocycles. The van der Waals surface area contributed by atoms with Gasteiger partial charge in [-0.15, -0.1) is 0 Å². The first-order chi connectivity index (χ1) is 14.8. The number of aryl methyl sites for hydroxylation is 1. The fourth-order valence-corrected chi connectivity index (χ4v) is 3.82. The number of nitrogens with zero attached hydrogens (tertiary/aromatic N) is 2. The van der Waals surface area contributed by atoms with E-state index in [1.54, 1.807) is 36.4 Å². The summed E-state index contributed by atoms with van der Waals surface area (Å²) in [4.78, 5) is 38.8. The van der Waals surface area contributed by atoms with Gasteiger partial charge in [-0.1, -0.05) is 15.9 Å². The normalized spacial score (nSPS) is 15.5. The Morgan fingerprint density at radius 1 is 0.935 bits per heavy atom. The first-order valence-electron chi connectivity index (χ1n) is 9.38. The summed E-state index contributed by atoms with van der Waals surface area (Å²) in [5.74, 6) is -1.80.